The lowest BCUT2D eigenvalue weighted by Gasteiger charge is -2.32. The first-order chi connectivity index (χ1) is 7.88. The molecule has 1 N–H and O–H groups in total. The summed E-state index contributed by atoms with van der Waals surface area (Å²) >= 11 is 1.86. The van der Waals surface area contributed by atoms with Gasteiger partial charge in [-0.25, -0.2) is 0 Å². The van der Waals surface area contributed by atoms with Crippen LogP contribution in [-0.4, -0.2) is 36.2 Å². The first-order valence-electron chi connectivity index (χ1n) is 6.24. The third kappa shape index (κ3) is 3.58. The van der Waals surface area contributed by atoms with E-state index < -0.39 is 0 Å². The van der Waals surface area contributed by atoms with Crippen molar-refractivity contribution in [1.82, 2.24) is 4.90 Å². The average Bonchev–Trinajstić information content (AvgIpc) is 2.80. The molecule has 0 aliphatic carbocycles. The number of thiophene rings is 1. The Morgan fingerprint density at radius 1 is 1.50 bits per heavy atom. The summed E-state index contributed by atoms with van der Waals surface area (Å²) in [7, 11) is 0. The molecule has 16 heavy (non-hydrogen) atoms. The Morgan fingerprint density at radius 3 is 3.19 bits per heavy atom. The minimum absolute atomic E-state index is 0.351. The second-order valence-corrected chi connectivity index (χ2v) is 5.68. The van der Waals surface area contributed by atoms with Crippen molar-refractivity contribution in [3.05, 3.63) is 22.4 Å². The SMILES string of the molecule is OCCC1CCCN(CCc2cccs2)C1. The van der Waals surface area contributed by atoms with Gasteiger partial charge in [0.2, 0.25) is 0 Å². The largest absolute Gasteiger partial charge is 0.396 e. The fourth-order valence-electron chi connectivity index (χ4n) is 2.50. The number of aliphatic hydroxyl groups is 1. The molecule has 0 amide bonds. The van der Waals surface area contributed by atoms with Crippen LogP contribution in [0.5, 0.6) is 0 Å². The highest BCUT2D eigenvalue weighted by molar-refractivity contribution is 7.09. The summed E-state index contributed by atoms with van der Waals surface area (Å²) in [4.78, 5) is 4.05. The number of rotatable bonds is 5. The van der Waals surface area contributed by atoms with Gasteiger partial charge in [-0.1, -0.05) is 6.07 Å². The van der Waals surface area contributed by atoms with Gasteiger partial charge in [0, 0.05) is 24.6 Å². The lowest BCUT2D eigenvalue weighted by Crippen LogP contribution is -2.36. The van der Waals surface area contributed by atoms with Gasteiger partial charge in [-0.05, 0) is 49.6 Å². The van der Waals surface area contributed by atoms with Crippen molar-refractivity contribution in [1.29, 1.82) is 0 Å². The van der Waals surface area contributed by atoms with Crippen LogP contribution in [0.3, 0.4) is 0 Å². The lowest BCUT2D eigenvalue weighted by molar-refractivity contribution is 0.149. The van der Waals surface area contributed by atoms with Gasteiger partial charge in [0.1, 0.15) is 0 Å². The normalized spacial score (nSPS) is 22.4. The topological polar surface area (TPSA) is 23.5 Å². The maximum atomic E-state index is 8.97. The summed E-state index contributed by atoms with van der Waals surface area (Å²) in [5.41, 5.74) is 0. The van der Waals surface area contributed by atoms with Crippen molar-refractivity contribution >= 4 is 11.3 Å². The molecule has 1 aliphatic rings. The molecule has 1 aliphatic heterocycles. The molecule has 1 unspecified atom stereocenters. The van der Waals surface area contributed by atoms with E-state index in [0.29, 0.717) is 6.61 Å². The van der Waals surface area contributed by atoms with Gasteiger partial charge in [-0.15, -0.1) is 11.3 Å². The van der Waals surface area contributed by atoms with Gasteiger partial charge in [0.25, 0.3) is 0 Å². The van der Waals surface area contributed by atoms with Gasteiger partial charge in [0.15, 0.2) is 0 Å². The molecule has 1 saturated heterocycles. The zero-order valence-corrected chi connectivity index (χ0v) is 10.6. The monoisotopic (exact) mass is 239 g/mol. The number of piperidine rings is 1. The third-order valence-corrected chi connectivity index (χ3v) is 4.33. The summed E-state index contributed by atoms with van der Waals surface area (Å²) in [6, 6.07) is 4.35. The zero-order valence-electron chi connectivity index (χ0n) is 9.77. The van der Waals surface area contributed by atoms with Crippen LogP contribution < -0.4 is 0 Å². The molecule has 90 valence electrons. The molecule has 3 heteroatoms. The predicted molar refractivity (Wildman–Crippen MR) is 68.9 cm³/mol. The summed E-state index contributed by atoms with van der Waals surface area (Å²) in [6.45, 7) is 3.96. The molecule has 0 spiro atoms. The van der Waals surface area contributed by atoms with E-state index in [0.717, 1.165) is 12.3 Å². The quantitative estimate of drug-likeness (QED) is 0.853. The van der Waals surface area contributed by atoms with Crippen LogP contribution in [0.1, 0.15) is 24.1 Å². The molecule has 1 fully saturated rings. The van der Waals surface area contributed by atoms with E-state index in [1.807, 2.05) is 11.3 Å². The first kappa shape index (κ1) is 12.1. The third-order valence-electron chi connectivity index (χ3n) is 3.39. The highest BCUT2D eigenvalue weighted by Crippen LogP contribution is 2.20. The number of aliphatic hydroxyl groups excluding tert-OH is 1. The smallest absolute Gasteiger partial charge is 0.0434 e. The number of nitrogens with zero attached hydrogens (tertiary/aromatic N) is 1. The maximum absolute atomic E-state index is 8.97. The summed E-state index contributed by atoms with van der Waals surface area (Å²) < 4.78 is 0. The van der Waals surface area contributed by atoms with Crippen LogP contribution in [0, 0.1) is 5.92 Å². The fourth-order valence-corrected chi connectivity index (χ4v) is 3.19. The van der Waals surface area contributed by atoms with Crippen LogP contribution in [-0.2, 0) is 6.42 Å². The lowest BCUT2D eigenvalue weighted by atomic mass is 9.95. The molecular weight excluding hydrogens is 218 g/mol. The van der Waals surface area contributed by atoms with Crippen molar-refractivity contribution in [2.24, 2.45) is 5.92 Å². The van der Waals surface area contributed by atoms with E-state index in [-0.39, 0.29) is 0 Å². The Labute approximate surface area is 102 Å². The standard InChI is InChI=1S/C13H21NOS/c15-9-6-12-3-1-7-14(11-12)8-5-13-4-2-10-16-13/h2,4,10,12,15H,1,3,5-9,11H2. The molecule has 1 atom stereocenters. The van der Waals surface area contributed by atoms with Gasteiger partial charge >= 0.3 is 0 Å². The van der Waals surface area contributed by atoms with E-state index in [4.69, 9.17) is 5.11 Å². The first-order valence-corrected chi connectivity index (χ1v) is 7.12. The molecule has 2 rings (SSSR count). The van der Waals surface area contributed by atoms with Gasteiger partial charge in [0.05, 0.1) is 0 Å². The average molecular weight is 239 g/mol. The van der Waals surface area contributed by atoms with Crippen molar-refractivity contribution in [3.63, 3.8) is 0 Å². The molecular formula is C13H21NOS. The highest BCUT2D eigenvalue weighted by atomic mass is 32.1. The molecule has 0 bridgehead atoms. The van der Waals surface area contributed by atoms with E-state index in [9.17, 15) is 0 Å². The zero-order chi connectivity index (χ0) is 11.2. The summed E-state index contributed by atoms with van der Waals surface area (Å²) in [5, 5.41) is 11.1. The molecule has 0 aromatic carbocycles. The van der Waals surface area contributed by atoms with Crippen molar-refractivity contribution in [2.45, 2.75) is 25.7 Å². The van der Waals surface area contributed by atoms with Crippen molar-refractivity contribution in [2.75, 3.05) is 26.2 Å². The summed E-state index contributed by atoms with van der Waals surface area (Å²) in [6.07, 6.45) is 4.77. The Morgan fingerprint density at radius 2 is 2.44 bits per heavy atom. The van der Waals surface area contributed by atoms with E-state index in [1.165, 1.54) is 43.8 Å². The number of hydrogen-bond donors (Lipinski definition) is 1. The van der Waals surface area contributed by atoms with E-state index in [1.54, 1.807) is 0 Å². The Bertz CT molecular complexity index is 284. The van der Waals surface area contributed by atoms with Gasteiger partial charge in [-0.2, -0.15) is 0 Å². The molecule has 1 aromatic rings. The maximum Gasteiger partial charge on any atom is 0.0434 e. The van der Waals surface area contributed by atoms with Crippen LogP contribution in [0.2, 0.25) is 0 Å². The Hall–Kier alpha value is -0.380. The highest BCUT2D eigenvalue weighted by Gasteiger charge is 2.18. The molecule has 1 aromatic heterocycles. The van der Waals surface area contributed by atoms with Crippen molar-refractivity contribution in [3.8, 4) is 0 Å². The van der Waals surface area contributed by atoms with E-state index in [2.05, 4.69) is 22.4 Å². The Kier molecular flexibility index (Phi) is 4.82. The van der Waals surface area contributed by atoms with E-state index >= 15 is 0 Å². The van der Waals surface area contributed by atoms with Gasteiger partial charge < -0.3 is 10.0 Å². The van der Waals surface area contributed by atoms with Crippen LogP contribution in [0.15, 0.2) is 17.5 Å². The second-order valence-electron chi connectivity index (χ2n) is 4.65. The molecule has 0 saturated carbocycles. The minimum atomic E-state index is 0.351. The fraction of sp³-hybridized carbons (Fsp3) is 0.692. The molecule has 2 heterocycles. The van der Waals surface area contributed by atoms with Crippen LogP contribution in [0.25, 0.3) is 0 Å². The molecule has 0 radical (unpaired) electrons. The number of likely N-dealkylation sites (tertiary alicyclic amines) is 1. The van der Waals surface area contributed by atoms with Crippen LogP contribution in [0.4, 0.5) is 0 Å². The summed E-state index contributed by atoms with van der Waals surface area (Å²) in [5.74, 6) is 0.724. The number of hydrogen-bond acceptors (Lipinski definition) is 3. The predicted octanol–water partition coefficient (Wildman–Crippen LogP) is 2.39. The van der Waals surface area contributed by atoms with Crippen molar-refractivity contribution < 1.29 is 5.11 Å². The van der Waals surface area contributed by atoms with Gasteiger partial charge in [-0.3, -0.25) is 0 Å². The van der Waals surface area contributed by atoms with Crippen LogP contribution >= 0.6 is 11.3 Å². The Balaban J connectivity index is 1.72. The molecule has 2 nitrogen and oxygen atoms in total. The minimum Gasteiger partial charge on any atom is -0.396 e. The second kappa shape index (κ2) is 6.38.